The summed E-state index contributed by atoms with van der Waals surface area (Å²) in [6, 6.07) is 7.95. The minimum atomic E-state index is -0.453. The Morgan fingerprint density at radius 1 is 1.11 bits per heavy atom. The van der Waals surface area contributed by atoms with Gasteiger partial charge >= 0.3 is 0 Å². The molecule has 0 aliphatic carbocycles. The molecule has 0 bridgehead atoms. The Bertz CT molecular complexity index is 1060. The van der Waals surface area contributed by atoms with Crippen LogP contribution in [0.4, 0.5) is 0 Å². The molecule has 0 amide bonds. The van der Waals surface area contributed by atoms with E-state index in [1.165, 1.54) is 22.7 Å². The average Bonchev–Trinajstić information content (AvgIpc) is 3.47. The number of fused-ring (bicyclic) bond motifs is 1. The van der Waals surface area contributed by atoms with Gasteiger partial charge in [-0.15, -0.1) is 22.7 Å². The van der Waals surface area contributed by atoms with Crippen molar-refractivity contribution in [3.8, 4) is 16.6 Å². The lowest BCUT2D eigenvalue weighted by Gasteiger charge is -2.29. The summed E-state index contributed by atoms with van der Waals surface area (Å²) in [6.45, 7) is 0. The molecule has 2 unspecified atom stereocenters. The summed E-state index contributed by atoms with van der Waals surface area (Å²) >= 11 is 2.98. The molecule has 0 fully saturated rings. The molecule has 3 aromatic heterocycles. The molecule has 9 heteroatoms. The number of ether oxygens (including phenoxy) is 1. The van der Waals surface area contributed by atoms with E-state index in [2.05, 4.69) is 25.1 Å². The van der Waals surface area contributed by atoms with Crippen LogP contribution in [0, 0.1) is 0 Å². The lowest BCUT2D eigenvalue weighted by Crippen LogP contribution is -2.30. The fourth-order valence-electron chi connectivity index (χ4n) is 2.93. The topological polar surface area (TPSA) is 86.3 Å². The normalized spacial score (nSPS) is 19.1. The Morgan fingerprint density at radius 2 is 2.00 bits per heavy atom. The van der Waals surface area contributed by atoms with E-state index in [-0.39, 0.29) is 5.92 Å². The minimum absolute atomic E-state index is 0.159. The Morgan fingerprint density at radius 3 is 2.85 bits per heavy atom. The first-order valence-corrected chi connectivity index (χ1v) is 10.0. The Balaban J connectivity index is 1.49. The highest BCUT2D eigenvalue weighted by Crippen LogP contribution is 2.36. The number of rotatable bonds is 4. The third-order valence-corrected chi connectivity index (χ3v) is 5.65. The molecule has 1 aliphatic rings. The van der Waals surface area contributed by atoms with E-state index in [1.807, 2.05) is 35.0 Å². The highest BCUT2D eigenvalue weighted by Gasteiger charge is 2.34. The summed E-state index contributed by atoms with van der Waals surface area (Å²) in [7, 11) is 0. The van der Waals surface area contributed by atoms with Crippen LogP contribution in [0.25, 0.3) is 10.9 Å². The Labute approximate surface area is 162 Å². The molecule has 5 rings (SSSR count). The quantitative estimate of drug-likeness (QED) is 0.488. The van der Waals surface area contributed by atoms with Crippen LogP contribution < -0.4 is 4.74 Å². The van der Waals surface area contributed by atoms with Crippen molar-refractivity contribution in [3.63, 3.8) is 0 Å². The maximum Gasteiger partial charge on any atom is 0.286 e. The van der Waals surface area contributed by atoms with Crippen LogP contribution in [0.3, 0.4) is 0 Å². The molecule has 134 valence electrons. The molecule has 2 atom stereocenters. The van der Waals surface area contributed by atoms with E-state index in [0.717, 1.165) is 16.3 Å². The van der Waals surface area contributed by atoms with Crippen LogP contribution in [0.1, 0.15) is 22.3 Å². The number of aromatic nitrogens is 4. The summed E-state index contributed by atoms with van der Waals surface area (Å²) in [5, 5.41) is 9.49. The van der Waals surface area contributed by atoms with Crippen molar-refractivity contribution < 1.29 is 9.26 Å². The molecule has 4 heterocycles. The molecule has 1 aliphatic heterocycles. The van der Waals surface area contributed by atoms with Crippen molar-refractivity contribution in [2.24, 2.45) is 4.99 Å². The maximum absolute atomic E-state index is 6.14. The second-order valence-corrected chi connectivity index (χ2v) is 7.69. The fourth-order valence-corrected chi connectivity index (χ4v) is 3.99. The maximum atomic E-state index is 6.14. The smallest absolute Gasteiger partial charge is 0.286 e. The van der Waals surface area contributed by atoms with E-state index in [9.17, 15) is 0 Å². The number of aliphatic imine (C=N–C) groups is 1. The molecule has 4 aromatic rings. The summed E-state index contributed by atoms with van der Waals surface area (Å²) in [5.41, 5.74) is 1.10. The monoisotopic (exact) mass is 395 g/mol. The van der Waals surface area contributed by atoms with E-state index in [1.54, 1.807) is 18.6 Å². The van der Waals surface area contributed by atoms with Crippen molar-refractivity contribution in [1.82, 2.24) is 20.1 Å². The molecule has 0 saturated heterocycles. The number of para-hydroxylation sites is 1. The van der Waals surface area contributed by atoms with Gasteiger partial charge < -0.3 is 9.26 Å². The third-order valence-electron chi connectivity index (χ3n) is 4.18. The van der Waals surface area contributed by atoms with Crippen molar-refractivity contribution in [2.45, 2.75) is 18.6 Å². The third kappa shape index (κ3) is 3.26. The molecule has 1 aromatic carbocycles. The van der Waals surface area contributed by atoms with Gasteiger partial charge in [-0.05, 0) is 18.1 Å². The van der Waals surface area contributed by atoms with Gasteiger partial charge in [0.15, 0.2) is 17.1 Å². The van der Waals surface area contributed by atoms with Gasteiger partial charge in [0.1, 0.15) is 10.8 Å². The summed E-state index contributed by atoms with van der Waals surface area (Å²) in [5.74, 6) is 1.66. The van der Waals surface area contributed by atoms with Crippen molar-refractivity contribution in [2.75, 3.05) is 0 Å². The lowest BCUT2D eigenvalue weighted by atomic mass is 9.93. The van der Waals surface area contributed by atoms with Gasteiger partial charge in [0, 0.05) is 23.2 Å². The van der Waals surface area contributed by atoms with Crippen molar-refractivity contribution >= 4 is 28.9 Å². The predicted molar refractivity (Wildman–Crippen MR) is 102 cm³/mol. The van der Waals surface area contributed by atoms with Crippen LogP contribution in [0.15, 0.2) is 56.9 Å². The second kappa shape index (κ2) is 7.01. The first-order chi connectivity index (χ1) is 13.4. The zero-order valence-corrected chi connectivity index (χ0v) is 15.6. The Kier molecular flexibility index (Phi) is 4.23. The van der Waals surface area contributed by atoms with Gasteiger partial charge in [0.05, 0.1) is 12.1 Å². The van der Waals surface area contributed by atoms with E-state index < -0.39 is 6.23 Å². The highest BCUT2D eigenvalue weighted by atomic mass is 32.1. The molecule has 7 nitrogen and oxygen atoms in total. The van der Waals surface area contributed by atoms with Crippen molar-refractivity contribution in [3.05, 3.63) is 63.8 Å². The van der Waals surface area contributed by atoms with Crippen molar-refractivity contribution in [1.29, 1.82) is 0 Å². The molecule has 27 heavy (non-hydrogen) atoms. The summed E-state index contributed by atoms with van der Waals surface area (Å²) in [4.78, 5) is 17.6. The standard InChI is InChI=1S/C18H13N5O2S2/c1-2-4-13-11(3-1)9-12(16(24-13)21-10-14-19-5-7-26-14)15-22-17(25-23-15)18-20-6-8-27-18/h1-8,10,12,16H,9H2/b21-10+. The number of hydrogen-bond acceptors (Lipinski definition) is 9. The molecular weight excluding hydrogens is 382 g/mol. The lowest BCUT2D eigenvalue weighted by molar-refractivity contribution is 0.153. The average molecular weight is 395 g/mol. The van der Waals surface area contributed by atoms with E-state index >= 15 is 0 Å². The molecule has 0 N–H and O–H groups in total. The summed E-state index contributed by atoms with van der Waals surface area (Å²) in [6.07, 6.45) is 5.46. The van der Waals surface area contributed by atoms with Crippen LogP contribution in [-0.2, 0) is 6.42 Å². The predicted octanol–water partition coefficient (Wildman–Crippen LogP) is 3.81. The molecule has 0 saturated carbocycles. The largest absolute Gasteiger partial charge is 0.468 e. The van der Waals surface area contributed by atoms with Gasteiger partial charge in [-0.25, -0.2) is 15.0 Å². The van der Waals surface area contributed by atoms with Crippen LogP contribution in [-0.4, -0.2) is 32.6 Å². The number of thiazole rings is 2. The number of benzene rings is 1. The van der Waals surface area contributed by atoms with Crippen LogP contribution in [0.2, 0.25) is 0 Å². The molecule has 0 spiro atoms. The van der Waals surface area contributed by atoms with Crippen LogP contribution >= 0.6 is 22.7 Å². The van der Waals surface area contributed by atoms with Gasteiger partial charge in [-0.3, -0.25) is 0 Å². The zero-order valence-electron chi connectivity index (χ0n) is 13.9. The first kappa shape index (κ1) is 16.3. The minimum Gasteiger partial charge on any atom is -0.468 e. The zero-order chi connectivity index (χ0) is 18.1. The SMILES string of the molecule is C(=N\C1Oc2ccccc2CC1c1noc(-c2nccs2)n1)/c1nccs1. The van der Waals surface area contributed by atoms with Gasteiger partial charge in [-0.2, -0.15) is 4.98 Å². The van der Waals surface area contributed by atoms with Gasteiger partial charge in [-0.1, -0.05) is 23.4 Å². The van der Waals surface area contributed by atoms with E-state index in [4.69, 9.17) is 9.26 Å². The first-order valence-electron chi connectivity index (χ1n) is 8.27. The van der Waals surface area contributed by atoms with E-state index in [0.29, 0.717) is 23.1 Å². The molecule has 0 radical (unpaired) electrons. The highest BCUT2D eigenvalue weighted by molar-refractivity contribution is 7.13. The molecular formula is C18H13N5O2S2. The summed E-state index contributed by atoms with van der Waals surface area (Å²) < 4.78 is 11.6. The Hall–Kier alpha value is -2.91. The van der Waals surface area contributed by atoms with Gasteiger partial charge in [0.25, 0.3) is 5.89 Å². The number of hydrogen-bond donors (Lipinski definition) is 0. The number of nitrogens with zero attached hydrogens (tertiary/aromatic N) is 5. The van der Waals surface area contributed by atoms with Crippen LogP contribution in [0.5, 0.6) is 5.75 Å². The fraction of sp³-hybridized carbons (Fsp3) is 0.167. The van der Waals surface area contributed by atoms with Gasteiger partial charge in [0.2, 0.25) is 0 Å². The second-order valence-electron chi connectivity index (χ2n) is 5.87.